The van der Waals surface area contributed by atoms with Crippen molar-refractivity contribution < 1.29 is 14.7 Å². The highest BCUT2D eigenvalue weighted by Gasteiger charge is 2.31. The van der Waals surface area contributed by atoms with Gasteiger partial charge in [0.15, 0.2) is 0 Å². The maximum absolute atomic E-state index is 11.8. The Labute approximate surface area is 105 Å². The second-order valence-corrected chi connectivity index (χ2v) is 5.25. The van der Waals surface area contributed by atoms with Crippen LogP contribution in [0.1, 0.15) is 35.5 Å². The predicted molar refractivity (Wildman–Crippen MR) is 67.4 cm³/mol. The Hall–Kier alpha value is -1.36. The predicted octanol–water partition coefficient (Wildman–Crippen LogP) is 2.29. The van der Waals surface area contributed by atoms with Gasteiger partial charge >= 0.3 is 5.97 Å². The van der Waals surface area contributed by atoms with Crippen LogP contribution in [0.4, 0.5) is 0 Å². The van der Waals surface area contributed by atoms with Gasteiger partial charge in [0.25, 0.3) is 5.91 Å². The van der Waals surface area contributed by atoms with Crippen molar-refractivity contribution >= 4 is 23.2 Å². The second kappa shape index (κ2) is 5.31. The normalized spacial score (nSPS) is 14.1. The number of carboxylic acids is 1. The molecule has 0 aliphatic rings. The molecule has 0 bridgehead atoms. The lowest BCUT2D eigenvalue weighted by atomic mass is 9.88. The quantitative estimate of drug-likeness (QED) is 0.848. The van der Waals surface area contributed by atoms with E-state index in [0.29, 0.717) is 11.3 Å². The van der Waals surface area contributed by atoms with Gasteiger partial charge in [-0.2, -0.15) is 0 Å². The van der Waals surface area contributed by atoms with Gasteiger partial charge in [-0.25, -0.2) is 0 Å². The number of thiophene rings is 1. The zero-order chi connectivity index (χ0) is 13.1. The van der Waals surface area contributed by atoms with Crippen molar-refractivity contribution in [2.24, 2.45) is 5.41 Å². The molecule has 1 aromatic heterocycles. The highest BCUT2D eigenvalue weighted by Crippen LogP contribution is 2.21. The third kappa shape index (κ3) is 3.06. The van der Waals surface area contributed by atoms with Gasteiger partial charge in [-0.15, -0.1) is 11.3 Å². The van der Waals surface area contributed by atoms with E-state index in [4.69, 9.17) is 5.11 Å². The second-order valence-electron chi connectivity index (χ2n) is 4.33. The summed E-state index contributed by atoms with van der Waals surface area (Å²) in [5.41, 5.74) is 0.0157. The SMILES string of the molecule is CCC(C)(CNC(=O)c1sccc1C)C(=O)O. The molecule has 0 saturated heterocycles. The Morgan fingerprint density at radius 1 is 1.53 bits per heavy atom. The summed E-state index contributed by atoms with van der Waals surface area (Å²) in [5, 5.41) is 13.6. The van der Waals surface area contributed by atoms with E-state index in [1.165, 1.54) is 11.3 Å². The zero-order valence-electron chi connectivity index (χ0n) is 10.2. The number of nitrogens with one attached hydrogen (secondary N) is 1. The van der Waals surface area contributed by atoms with Crippen LogP contribution in [0.15, 0.2) is 11.4 Å². The van der Waals surface area contributed by atoms with Gasteiger partial charge in [0, 0.05) is 6.54 Å². The molecule has 0 fully saturated rings. The van der Waals surface area contributed by atoms with E-state index in [9.17, 15) is 9.59 Å². The van der Waals surface area contributed by atoms with Gasteiger partial charge in [0.2, 0.25) is 0 Å². The molecule has 17 heavy (non-hydrogen) atoms. The van der Waals surface area contributed by atoms with Gasteiger partial charge in [-0.05, 0) is 37.3 Å². The summed E-state index contributed by atoms with van der Waals surface area (Å²) in [4.78, 5) is 23.5. The lowest BCUT2D eigenvalue weighted by Crippen LogP contribution is -2.40. The summed E-state index contributed by atoms with van der Waals surface area (Å²) in [6.45, 7) is 5.45. The van der Waals surface area contributed by atoms with Crippen LogP contribution in [0.2, 0.25) is 0 Å². The molecule has 94 valence electrons. The Morgan fingerprint density at radius 2 is 2.18 bits per heavy atom. The number of hydrogen-bond acceptors (Lipinski definition) is 3. The number of carbonyl (C=O) groups is 2. The first-order chi connectivity index (χ1) is 7.90. The topological polar surface area (TPSA) is 66.4 Å². The third-order valence-electron chi connectivity index (χ3n) is 3.00. The van der Waals surface area contributed by atoms with Crippen molar-refractivity contribution in [2.45, 2.75) is 27.2 Å². The molecule has 2 N–H and O–H groups in total. The molecule has 4 nitrogen and oxygen atoms in total. The summed E-state index contributed by atoms with van der Waals surface area (Å²) in [6, 6.07) is 1.87. The Morgan fingerprint density at radius 3 is 2.59 bits per heavy atom. The van der Waals surface area contributed by atoms with E-state index in [2.05, 4.69) is 5.32 Å². The van der Waals surface area contributed by atoms with Crippen LogP contribution >= 0.6 is 11.3 Å². The minimum absolute atomic E-state index is 0.148. The first kappa shape index (κ1) is 13.7. The number of amides is 1. The van der Waals surface area contributed by atoms with Crippen molar-refractivity contribution in [3.63, 3.8) is 0 Å². The van der Waals surface area contributed by atoms with Crippen molar-refractivity contribution in [2.75, 3.05) is 6.54 Å². The highest BCUT2D eigenvalue weighted by molar-refractivity contribution is 7.12. The molecule has 0 spiro atoms. The fourth-order valence-electron chi connectivity index (χ4n) is 1.31. The first-order valence-corrected chi connectivity index (χ1v) is 6.34. The van der Waals surface area contributed by atoms with E-state index in [1.54, 1.807) is 13.8 Å². The Bertz CT molecular complexity index is 427. The smallest absolute Gasteiger partial charge is 0.311 e. The van der Waals surface area contributed by atoms with E-state index in [-0.39, 0.29) is 12.5 Å². The maximum Gasteiger partial charge on any atom is 0.311 e. The van der Waals surface area contributed by atoms with Crippen molar-refractivity contribution in [3.05, 3.63) is 21.9 Å². The summed E-state index contributed by atoms with van der Waals surface area (Å²) in [7, 11) is 0. The standard InChI is InChI=1S/C12H17NO3S/c1-4-12(3,11(15)16)7-13-10(14)9-8(2)5-6-17-9/h5-6H,4,7H2,1-3H3,(H,13,14)(H,15,16). The first-order valence-electron chi connectivity index (χ1n) is 5.46. The molecule has 0 saturated carbocycles. The van der Waals surface area contributed by atoms with Crippen LogP contribution in [-0.4, -0.2) is 23.5 Å². The zero-order valence-corrected chi connectivity index (χ0v) is 11.1. The highest BCUT2D eigenvalue weighted by atomic mass is 32.1. The van der Waals surface area contributed by atoms with E-state index < -0.39 is 11.4 Å². The average molecular weight is 255 g/mol. The summed E-state index contributed by atoms with van der Waals surface area (Å²) >= 11 is 1.36. The molecule has 0 aliphatic carbocycles. The lowest BCUT2D eigenvalue weighted by molar-refractivity contribution is -0.147. The van der Waals surface area contributed by atoms with Crippen molar-refractivity contribution in [1.29, 1.82) is 0 Å². The lowest BCUT2D eigenvalue weighted by Gasteiger charge is -2.23. The average Bonchev–Trinajstić information content (AvgIpc) is 2.71. The van der Waals surface area contributed by atoms with Crippen LogP contribution in [0.5, 0.6) is 0 Å². The van der Waals surface area contributed by atoms with Crippen molar-refractivity contribution in [3.8, 4) is 0 Å². The minimum Gasteiger partial charge on any atom is -0.481 e. The molecule has 1 unspecified atom stereocenters. The molecule has 0 aliphatic heterocycles. The minimum atomic E-state index is -0.902. The van der Waals surface area contributed by atoms with Crippen molar-refractivity contribution in [1.82, 2.24) is 5.32 Å². The number of aryl methyl sites for hydroxylation is 1. The van der Waals surface area contributed by atoms with Crippen LogP contribution in [-0.2, 0) is 4.79 Å². The fraction of sp³-hybridized carbons (Fsp3) is 0.500. The van der Waals surface area contributed by atoms with Gasteiger partial charge in [0.05, 0.1) is 10.3 Å². The van der Waals surface area contributed by atoms with E-state index in [1.807, 2.05) is 18.4 Å². The monoisotopic (exact) mass is 255 g/mol. The molecule has 0 aromatic carbocycles. The number of hydrogen-bond donors (Lipinski definition) is 2. The van der Waals surface area contributed by atoms with Gasteiger partial charge < -0.3 is 10.4 Å². The summed E-state index contributed by atoms with van der Waals surface area (Å²) in [5.74, 6) is -1.08. The third-order valence-corrected chi connectivity index (χ3v) is 4.02. The number of carboxylic acid groups (broad SMARTS) is 1. The van der Waals surface area contributed by atoms with Crippen LogP contribution in [0.3, 0.4) is 0 Å². The number of rotatable bonds is 5. The largest absolute Gasteiger partial charge is 0.481 e. The molecule has 1 aromatic rings. The van der Waals surface area contributed by atoms with Crippen LogP contribution in [0.25, 0.3) is 0 Å². The molecular weight excluding hydrogens is 238 g/mol. The Balaban J connectivity index is 2.66. The number of carbonyl (C=O) groups excluding carboxylic acids is 1. The Kier molecular flexibility index (Phi) is 4.28. The molecular formula is C12H17NO3S. The summed E-state index contributed by atoms with van der Waals surface area (Å²) in [6.07, 6.45) is 0.478. The molecule has 5 heteroatoms. The maximum atomic E-state index is 11.8. The molecule has 1 rings (SSSR count). The van der Waals surface area contributed by atoms with Crippen LogP contribution in [0, 0.1) is 12.3 Å². The van der Waals surface area contributed by atoms with Gasteiger partial charge in [-0.1, -0.05) is 6.92 Å². The molecule has 0 radical (unpaired) electrons. The van der Waals surface area contributed by atoms with Crippen LogP contribution < -0.4 is 5.32 Å². The molecule has 1 heterocycles. The van der Waals surface area contributed by atoms with Gasteiger partial charge in [-0.3, -0.25) is 9.59 Å². The fourth-order valence-corrected chi connectivity index (χ4v) is 2.15. The molecule has 1 atom stereocenters. The van der Waals surface area contributed by atoms with Gasteiger partial charge in [0.1, 0.15) is 0 Å². The van der Waals surface area contributed by atoms with E-state index >= 15 is 0 Å². The summed E-state index contributed by atoms with van der Waals surface area (Å²) < 4.78 is 0. The van der Waals surface area contributed by atoms with E-state index in [0.717, 1.165) is 5.56 Å². The number of aliphatic carboxylic acids is 1. The molecule has 1 amide bonds.